The summed E-state index contributed by atoms with van der Waals surface area (Å²) in [5.74, 6) is -2.63. The molecule has 1 aliphatic heterocycles. The zero-order chi connectivity index (χ0) is 19.2. The van der Waals surface area contributed by atoms with Crippen LogP contribution in [0.5, 0.6) is 0 Å². The summed E-state index contributed by atoms with van der Waals surface area (Å²) < 4.78 is 0. The van der Waals surface area contributed by atoms with E-state index in [9.17, 15) is 19.5 Å². The van der Waals surface area contributed by atoms with Gasteiger partial charge in [0.05, 0.1) is 5.92 Å². The third-order valence-electron chi connectivity index (χ3n) is 4.28. The quantitative estimate of drug-likeness (QED) is 0.392. The number of nitrogens with zero attached hydrogens (tertiary/aromatic N) is 1. The number of hydroxylamine groups is 1. The molecule has 0 bridgehead atoms. The monoisotopic (exact) mass is 357 g/mol. The fraction of sp³-hybridized carbons (Fsp3) is 0.824. The minimum atomic E-state index is -1.64. The number of carbonyl (C=O) groups is 3. The molecule has 0 spiro atoms. The van der Waals surface area contributed by atoms with Gasteiger partial charge in [-0.3, -0.25) is 19.6 Å². The summed E-state index contributed by atoms with van der Waals surface area (Å²) in [7, 11) is 0. The number of hydrogen-bond acceptors (Lipinski definition) is 5. The zero-order valence-electron chi connectivity index (χ0n) is 15.5. The van der Waals surface area contributed by atoms with Crippen LogP contribution in [-0.4, -0.2) is 57.2 Å². The molecule has 144 valence electrons. The van der Waals surface area contributed by atoms with Gasteiger partial charge < -0.3 is 15.3 Å². The fourth-order valence-corrected chi connectivity index (χ4v) is 3.06. The average molecular weight is 357 g/mol. The summed E-state index contributed by atoms with van der Waals surface area (Å²) in [5, 5.41) is 21.7. The van der Waals surface area contributed by atoms with Crippen molar-refractivity contribution in [2.24, 2.45) is 5.92 Å². The Bertz CT molecular complexity index is 489. The van der Waals surface area contributed by atoms with E-state index in [2.05, 4.69) is 5.32 Å². The summed E-state index contributed by atoms with van der Waals surface area (Å²) in [4.78, 5) is 38.4. The molecule has 0 aromatic rings. The van der Waals surface area contributed by atoms with E-state index in [1.807, 2.05) is 27.7 Å². The fourth-order valence-electron chi connectivity index (χ4n) is 3.06. The number of aliphatic hydroxyl groups is 1. The maximum Gasteiger partial charge on any atom is 0.272 e. The third-order valence-corrected chi connectivity index (χ3v) is 4.28. The van der Waals surface area contributed by atoms with Crippen LogP contribution in [0.15, 0.2) is 0 Å². The Hall–Kier alpha value is -1.67. The summed E-state index contributed by atoms with van der Waals surface area (Å²) in [6, 6.07) is -0.597. The van der Waals surface area contributed by atoms with E-state index in [1.54, 1.807) is 0 Å². The molecule has 8 heteroatoms. The van der Waals surface area contributed by atoms with Crippen LogP contribution in [0.25, 0.3) is 0 Å². The second-order valence-corrected chi connectivity index (χ2v) is 7.60. The van der Waals surface area contributed by atoms with Crippen molar-refractivity contribution < 1.29 is 24.7 Å². The van der Waals surface area contributed by atoms with Crippen molar-refractivity contribution in [1.29, 1.82) is 0 Å². The Labute approximate surface area is 148 Å². The van der Waals surface area contributed by atoms with E-state index in [4.69, 9.17) is 5.21 Å². The lowest BCUT2D eigenvalue weighted by Crippen LogP contribution is -2.54. The number of rotatable bonds is 7. The Morgan fingerprint density at radius 3 is 2.44 bits per heavy atom. The van der Waals surface area contributed by atoms with Crippen molar-refractivity contribution in [2.75, 3.05) is 6.54 Å². The van der Waals surface area contributed by atoms with Gasteiger partial charge in [-0.25, -0.2) is 5.48 Å². The lowest BCUT2D eigenvalue weighted by atomic mass is 9.93. The minimum Gasteiger partial charge on any atom is -0.382 e. The molecule has 1 aliphatic rings. The predicted octanol–water partition coefficient (Wildman–Crippen LogP) is 0.565. The highest BCUT2D eigenvalue weighted by molar-refractivity contribution is 5.92. The standard InChI is InChI=1S/C17H31N3O5/c1-5-6-8-11(13(21)15(23)19-25)16(24)20-10-7-9-12(20)14(22)18-17(2,3)4/h11-13,21,25H,5-10H2,1-4H3,(H,18,22)(H,19,23)/t11-,12?,13+/m1/s1. The van der Waals surface area contributed by atoms with Crippen LogP contribution in [0.3, 0.4) is 0 Å². The molecule has 1 rings (SSSR count). The molecule has 4 N–H and O–H groups in total. The molecule has 0 radical (unpaired) electrons. The van der Waals surface area contributed by atoms with Gasteiger partial charge in [-0.15, -0.1) is 0 Å². The summed E-state index contributed by atoms with van der Waals surface area (Å²) in [6.45, 7) is 7.95. The van der Waals surface area contributed by atoms with Crippen molar-refractivity contribution in [1.82, 2.24) is 15.7 Å². The maximum absolute atomic E-state index is 12.9. The molecular weight excluding hydrogens is 326 g/mol. The van der Waals surface area contributed by atoms with Gasteiger partial charge in [0.1, 0.15) is 12.1 Å². The lowest BCUT2D eigenvalue weighted by Gasteiger charge is -2.31. The van der Waals surface area contributed by atoms with E-state index < -0.39 is 35.4 Å². The Morgan fingerprint density at radius 2 is 1.92 bits per heavy atom. The predicted molar refractivity (Wildman–Crippen MR) is 91.6 cm³/mol. The van der Waals surface area contributed by atoms with Crippen LogP contribution in [0.1, 0.15) is 59.8 Å². The Balaban J connectivity index is 2.93. The third kappa shape index (κ3) is 5.97. The van der Waals surface area contributed by atoms with Crippen LogP contribution < -0.4 is 10.8 Å². The molecule has 0 aliphatic carbocycles. The number of hydrogen-bond donors (Lipinski definition) is 4. The smallest absolute Gasteiger partial charge is 0.272 e. The summed E-state index contributed by atoms with van der Waals surface area (Å²) >= 11 is 0. The average Bonchev–Trinajstić information content (AvgIpc) is 3.02. The van der Waals surface area contributed by atoms with E-state index >= 15 is 0 Å². The van der Waals surface area contributed by atoms with Gasteiger partial charge in [0.2, 0.25) is 11.8 Å². The van der Waals surface area contributed by atoms with Crippen molar-refractivity contribution >= 4 is 17.7 Å². The van der Waals surface area contributed by atoms with Crippen molar-refractivity contribution in [3.8, 4) is 0 Å². The Morgan fingerprint density at radius 1 is 1.28 bits per heavy atom. The molecule has 1 unspecified atom stereocenters. The first-order valence-electron chi connectivity index (χ1n) is 8.87. The van der Waals surface area contributed by atoms with Crippen LogP contribution in [-0.2, 0) is 14.4 Å². The normalized spacial score (nSPS) is 20.1. The van der Waals surface area contributed by atoms with Gasteiger partial charge in [0, 0.05) is 12.1 Å². The van der Waals surface area contributed by atoms with Crippen molar-refractivity contribution in [3.05, 3.63) is 0 Å². The Kier molecular flexibility index (Phi) is 7.82. The molecule has 25 heavy (non-hydrogen) atoms. The molecule has 3 amide bonds. The van der Waals surface area contributed by atoms with E-state index in [-0.39, 0.29) is 5.91 Å². The molecule has 1 fully saturated rings. The van der Waals surface area contributed by atoms with Gasteiger partial charge in [0.15, 0.2) is 0 Å². The molecule has 0 saturated carbocycles. The number of aliphatic hydroxyl groups excluding tert-OH is 1. The minimum absolute atomic E-state index is 0.228. The zero-order valence-corrected chi connectivity index (χ0v) is 15.5. The largest absolute Gasteiger partial charge is 0.382 e. The number of nitrogens with one attached hydrogen (secondary N) is 2. The molecule has 0 aromatic heterocycles. The molecule has 8 nitrogen and oxygen atoms in total. The van der Waals surface area contributed by atoms with Crippen LogP contribution in [0.4, 0.5) is 0 Å². The number of likely N-dealkylation sites (tertiary alicyclic amines) is 1. The van der Waals surface area contributed by atoms with Gasteiger partial charge in [-0.05, 0) is 40.0 Å². The highest BCUT2D eigenvalue weighted by atomic mass is 16.5. The molecule has 0 aromatic carbocycles. The van der Waals surface area contributed by atoms with Gasteiger partial charge >= 0.3 is 0 Å². The van der Waals surface area contributed by atoms with Crippen LogP contribution in [0.2, 0.25) is 0 Å². The number of amides is 3. The second-order valence-electron chi connectivity index (χ2n) is 7.60. The van der Waals surface area contributed by atoms with E-state index in [0.717, 1.165) is 6.42 Å². The first-order chi connectivity index (χ1) is 11.6. The van der Waals surface area contributed by atoms with Crippen LogP contribution >= 0.6 is 0 Å². The number of carbonyl (C=O) groups excluding carboxylic acids is 3. The topological polar surface area (TPSA) is 119 Å². The van der Waals surface area contributed by atoms with Gasteiger partial charge in [-0.2, -0.15) is 0 Å². The first kappa shape index (κ1) is 21.4. The summed E-state index contributed by atoms with van der Waals surface area (Å²) in [6.07, 6.45) is 1.36. The molecule has 1 heterocycles. The van der Waals surface area contributed by atoms with E-state index in [1.165, 1.54) is 10.4 Å². The number of unbranched alkanes of at least 4 members (excludes halogenated alkanes) is 1. The molecule has 3 atom stereocenters. The second kappa shape index (κ2) is 9.15. The maximum atomic E-state index is 12.9. The van der Waals surface area contributed by atoms with Gasteiger partial charge in [-0.1, -0.05) is 19.8 Å². The highest BCUT2D eigenvalue weighted by Gasteiger charge is 2.41. The van der Waals surface area contributed by atoms with Crippen molar-refractivity contribution in [3.63, 3.8) is 0 Å². The van der Waals surface area contributed by atoms with Crippen LogP contribution in [0, 0.1) is 5.92 Å². The summed E-state index contributed by atoms with van der Waals surface area (Å²) in [5.41, 5.74) is 0.983. The van der Waals surface area contributed by atoms with E-state index in [0.29, 0.717) is 32.2 Å². The molecule has 1 saturated heterocycles. The first-order valence-corrected chi connectivity index (χ1v) is 8.87. The lowest BCUT2D eigenvalue weighted by molar-refractivity contribution is -0.152. The SMILES string of the molecule is CCCC[C@@H](C(=O)N1CCCC1C(=O)NC(C)(C)C)[C@H](O)C(=O)NO. The highest BCUT2D eigenvalue weighted by Crippen LogP contribution is 2.25. The van der Waals surface area contributed by atoms with Gasteiger partial charge in [0.25, 0.3) is 5.91 Å². The molecular formula is C17H31N3O5. The van der Waals surface area contributed by atoms with Crippen molar-refractivity contribution in [2.45, 2.75) is 77.5 Å².